The molecule has 158 valence electrons. The van der Waals surface area contributed by atoms with Crippen LogP contribution in [0, 0.1) is 5.82 Å². The van der Waals surface area contributed by atoms with Crippen molar-refractivity contribution in [3.05, 3.63) is 84.4 Å². The molecule has 2 heterocycles. The number of alkyl halides is 3. The quantitative estimate of drug-likeness (QED) is 0.349. The van der Waals surface area contributed by atoms with Crippen molar-refractivity contribution < 1.29 is 32.0 Å². The molecule has 0 aliphatic rings. The van der Waals surface area contributed by atoms with Crippen molar-refractivity contribution in [3.63, 3.8) is 0 Å². The monoisotopic (exact) mass is 431 g/mol. The van der Waals surface area contributed by atoms with Crippen molar-refractivity contribution in [3.8, 4) is 11.3 Å². The lowest BCUT2D eigenvalue weighted by molar-refractivity contribution is -0.201. The fourth-order valence-corrected chi connectivity index (χ4v) is 2.34. The zero-order valence-electron chi connectivity index (χ0n) is 15.6. The summed E-state index contributed by atoms with van der Waals surface area (Å²) in [6.45, 7) is 0. The Morgan fingerprint density at radius 2 is 1.71 bits per heavy atom. The number of halogens is 4. The molecule has 0 atom stereocenters. The van der Waals surface area contributed by atoms with E-state index >= 15 is 0 Å². The number of rotatable bonds is 4. The molecule has 0 spiro atoms. The van der Waals surface area contributed by atoms with Gasteiger partial charge in [0.25, 0.3) is 5.91 Å². The van der Waals surface area contributed by atoms with Crippen LogP contribution in [0.1, 0.15) is 5.56 Å². The molecule has 0 saturated heterocycles. The van der Waals surface area contributed by atoms with Gasteiger partial charge in [-0.3, -0.25) is 9.78 Å². The maximum Gasteiger partial charge on any atom is 0.493 e. The number of aromatic nitrogens is 2. The Hall–Kier alpha value is -4.08. The number of anilines is 1. The van der Waals surface area contributed by atoms with Gasteiger partial charge in [0.2, 0.25) is 0 Å². The van der Waals surface area contributed by atoms with E-state index in [9.17, 15) is 27.2 Å². The van der Waals surface area contributed by atoms with Crippen molar-refractivity contribution in [2.75, 3.05) is 5.06 Å². The van der Waals surface area contributed by atoms with E-state index in [-0.39, 0.29) is 16.7 Å². The second-order valence-corrected chi connectivity index (χ2v) is 6.01. The molecule has 0 aliphatic heterocycles. The van der Waals surface area contributed by atoms with Crippen LogP contribution in [0.4, 0.5) is 23.4 Å². The lowest BCUT2D eigenvalue weighted by Gasteiger charge is -2.19. The van der Waals surface area contributed by atoms with Gasteiger partial charge in [-0.1, -0.05) is 12.1 Å². The molecule has 10 heteroatoms. The molecule has 0 unspecified atom stereocenters. The molecule has 0 bridgehead atoms. The first kappa shape index (κ1) is 21.6. The van der Waals surface area contributed by atoms with E-state index in [1.807, 2.05) is 0 Å². The van der Waals surface area contributed by atoms with Crippen molar-refractivity contribution in [1.82, 2.24) is 9.97 Å². The smallest absolute Gasteiger partial charge is 0.323 e. The van der Waals surface area contributed by atoms with E-state index < -0.39 is 18.1 Å². The van der Waals surface area contributed by atoms with Crippen LogP contribution in [0.3, 0.4) is 0 Å². The Balaban J connectivity index is 1.77. The highest BCUT2D eigenvalue weighted by Crippen LogP contribution is 2.21. The van der Waals surface area contributed by atoms with Gasteiger partial charge in [-0.15, -0.1) is 5.06 Å². The summed E-state index contributed by atoms with van der Waals surface area (Å²) in [6, 6.07) is 13.0. The average Bonchev–Trinajstić information content (AvgIpc) is 2.76. The van der Waals surface area contributed by atoms with Crippen LogP contribution in [0.5, 0.6) is 0 Å². The SMILES string of the molecule is O=C(/C=C/c1ccc(-c2ccc(F)cc2)nc1)N(OC(=O)C(F)(F)F)c1ccccn1. The minimum atomic E-state index is -5.29. The van der Waals surface area contributed by atoms with Gasteiger partial charge < -0.3 is 4.84 Å². The topological polar surface area (TPSA) is 72.4 Å². The summed E-state index contributed by atoms with van der Waals surface area (Å²) < 4.78 is 50.7. The van der Waals surface area contributed by atoms with Crippen LogP contribution >= 0.6 is 0 Å². The van der Waals surface area contributed by atoms with Gasteiger partial charge in [-0.25, -0.2) is 14.2 Å². The van der Waals surface area contributed by atoms with Crippen molar-refractivity contribution in [2.24, 2.45) is 0 Å². The van der Waals surface area contributed by atoms with Crippen molar-refractivity contribution in [2.45, 2.75) is 6.18 Å². The molecule has 3 rings (SSSR count). The normalized spacial score (nSPS) is 11.4. The summed E-state index contributed by atoms with van der Waals surface area (Å²) in [5.41, 5.74) is 1.67. The molecule has 1 amide bonds. The Labute approximate surface area is 173 Å². The molecule has 6 nitrogen and oxygen atoms in total. The molecule has 0 fully saturated rings. The summed E-state index contributed by atoms with van der Waals surface area (Å²) in [7, 11) is 0. The molecular weight excluding hydrogens is 418 g/mol. The van der Waals surface area contributed by atoms with Crippen LogP contribution in [-0.4, -0.2) is 28.0 Å². The first-order chi connectivity index (χ1) is 14.7. The fraction of sp³-hybridized carbons (Fsp3) is 0.0476. The highest BCUT2D eigenvalue weighted by Gasteiger charge is 2.43. The Kier molecular flexibility index (Phi) is 6.39. The highest BCUT2D eigenvalue weighted by molar-refractivity contribution is 6.03. The van der Waals surface area contributed by atoms with Crippen LogP contribution < -0.4 is 5.06 Å². The second-order valence-electron chi connectivity index (χ2n) is 6.01. The maximum absolute atomic E-state index is 13.0. The lowest BCUT2D eigenvalue weighted by Crippen LogP contribution is -2.38. The molecule has 3 aromatic rings. The molecule has 0 radical (unpaired) electrons. The zero-order chi connectivity index (χ0) is 22.4. The van der Waals surface area contributed by atoms with E-state index in [0.717, 1.165) is 6.08 Å². The number of hydrogen-bond donors (Lipinski definition) is 0. The second kappa shape index (κ2) is 9.16. The minimum Gasteiger partial charge on any atom is -0.323 e. The van der Waals surface area contributed by atoms with Gasteiger partial charge in [0.15, 0.2) is 5.82 Å². The van der Waals surface area contributed by atoms with Crippen molar-refractivity contribution in [1.29, 1.82) is 0 Å². The first-order valence-electron chi connectivity index (χ1n) is 8.68. The fourth-order valence-electron chi connectivity index (χ4n) is 2.34. The van der Waals surface area contributed by atoms with Gasteiger partial charge in [0.05, 0.1) is 5.69 Å². The Morgan fingerprint density at radius 1 is 0.968 bits per heavy atom. The number of nitrogens with zero attached hydrogens (tertiary/aromatic N) is 3. The summed E-state index contributed by atoms with van der Waals surface area (Å²) in [5.74, 6) is -4.32. The molecular formula is C21H13F4N3O3. The van der Waals surface area contributed by atoms with Gasteiger partial charge in [-0.2, -0.15) is 13.2 Å². The Bertz CT molecular complexity index is 1080. The van der Waals surface area contributed by atoms with E-state index in [4.69, 9.17) is 0 Å². The van der Waals surface area contributed by atoms with Gasteiger partial charge in [-0.05, 0) is 54.1 Å². The zero-order valence-corrected chi connectivity index (χ0v) is 15.6. The number of amides is 1. The average molecular weight is 431 g/mol. The van der Waals surface area contributed by atoms with E-state index in [2.05, 4.69) is 14.8 Å². The molecule has 0 N–H and O–H groups in total. The summed E-state index contributed by atoms with van der Waals surface area (Å²) >= 11 is 0. The van der Waals surface area contributed by atoms with Crippen LogP contribution in [0.15, 0.2) is 73.1 Å². The third kappa shape index (κ3) is 5.72. The molecule has 2 aromatic heterocycles. The molecule has 0 aliphatic carbocycles. The number of hydrogen-bond acceptors (Lipinski definition) is 5. The number of carbonyl (C=O) groups excluding carboxylic acids is 2. The van der Waals surface area contributed by atoms with Crippen molar-refractivity contribution >= 4 is 23.8 Å². The number of hydroxylamine groups is 1. The standard InChI is InChI=1S/C21H13F4N3O3/c22-16-8-6-15(7-9-16)17-10-4-14(13-27-17)5-11-19(29)28(18-3-1-2-12-26-18)31-20(30)21(23,24)25/h1-13H/b11-5+. The number of pyridine rings is 2. The van der Waals surface area contributed by atoms with E-state index in [1.165, 1.54) is 48.8 Å². The highest BCUT2D eigenvalue weighted by atomic mass is 19.4. The third-order valence-electron chi connectivity index (χ3n) is 3.81. The number of benzene rings is 1. The summed E-state index contributed by atoms with van der Waals surface area (Å²) in [5, 5.41) is 0.145. The molecule has 0 saturated carbocycles. The van der Waals surface area contributed by atoms with Gasteiger partial charge in [0, 0.05) is 24.0 Å². The molecule has 1 aromatic carbocycles. The summed E-state index contributed by atoms with van der Waals surface area (Å²) in [6.07, 6.45) is -0.473. The summed E-state index contributed by atoms with van der Waals surface area (Å²) in [4.78, 5) is 35.7. The van der Waals surface area contributed by atoms with Crippen LogP contribution in [-0.2, 0) is 14.4 Å². The maximum atomic E-state index is 13.0. The predicted octanol–water partition coefficient (Wildman–Crippen LogP) is 4.35. The lowest BCUT2D eigenvalue weighted by atomic mass is 10.1. The van der Waals surface area contributed by atoms with E-state index in [0.29, 0.717) is 16.8 Å². The third-order valence-corrected chi connectivity index (χ3v) is 3.81. The van der Waals surface area contributed by atoms with Crippen LogP contribution in [0.25, 0.3) is 17.3 Å². The Morgan fingerprint density at radius 3 is 2.29 bits per heavy atom. The molecule has 31 heavy (non-hydrogen) atoms. The van der Waals surface area contributed by atoms with Crippen LogP contribution in [0.2, 0.25) is 0 Å². The van der Waals surface area contributed by atoms with Gasteiger partial charge >= 0.3 is 12.1 Å². The van der Waals surface area contributed by atoms with E-state index in [1.54, 1.807) is 24.3 Å². The minimum absolute atomic E-state index is 0.145. The first-order valence-corrected chi connectivity index (χ1v) is 8.68. The predicted molar refractivity (Wildman–Crippen MR) is 103 cm³/mol. The number of carbonyl (C=O) groups is 2. The van der Waals surface area contributed by atoms with Gasteiger partial charge in [0.1, 0.15) is 5.82 Å². The largest absolute Gasteiger partial charge is 0.493 e.